The van der Waals surface area contributed by atoms with Crippen molar-refractivity contribution in [2.45, 2.75) is 13.3 Å². The third kappa shape index (κ3) is 2.56. The van der Waals surface area contributed by atoms with Crippen molar-refractivity contribution >= 4 is 17.7 Å². The van der Waals surface area contributed by atoms with E-state index in [1.807, 2.05) is 6.92 Å². The van der Waals surface area contributed by atoms with Crippen LogP contribution in [0.4, 0.5) is 4.39 Å². The van der Waals surface area contributed by atoms with Crippen LogP contribution in [0.1, 0.15) is 18.1 Å². The first-order valence-electron chi connectivity index (χ1n) is 4.53. The number of hydrogen-bond donors (Lipinski definition) is 1. The molecule has 1 aromatic rings. The van der Waals surface area contributed by atoms with Gasteiger partial charge in [-0.05, 0) is 24.1 Å². The van der Waals surface area contributed by atoms with Gasteiger partial charge in [0.25, 0.3) is 0 Å². The number of rotatable bonds is 3. The number of hydrogen-bond acceptors (Lipinski definition) is 1. The predicted octanol–water partition coefficient (Wildman–Crippen LogP) is 3.01. The molecule has 2 N–H and O–H groups in total. The molecule has 0 aliphatic rings. The lowest BCUT2D eigenvalue weighted by molar-refractivity contribution is 0.624. The molecule has 0 heterocycles. The van der Waals surface area contributed by atoms with Crippen molar-refractivity contribution in [3.8, 4) is 0 Å². The van der Waals surface area contributed by atoms with Gasteiger partial charge in [-0.1, -0.05) is 30.7 Å². The predicted molar refractivity (Wildman–Crippen MR) is 58.9 cm³/mol. The Hall–Kier alpha value is -0.860. The summed E-state index contributed by atoms with van der Waals surface area (Å²) in [6, 6.07) is 3.43. The second-order valence-electron chi connectivity index (χ2n) is 2.97. The van der Waals surface area contributed by atoms with Crippen LogP contribution in [-0.2, 0) is 6.42 Å². The molecular formula is C11H13ClFN. The second-order valence-corrected chi connectivity index (χ2v) is 3.38. The highest BCUT2D eigenvalue weighted by atomic mass is 35.5. The Morgan fingerprint density at radius 1 is 1.50 bits per heavy atom. The lowest BCUT2D eigenvalue weighted by atomic mass is 10.1. The summed E-state index contributed by atoms with van der Waals surface area (Å²) in [5.74, 6) is -0.381. The maximum Gasteiger partial charge on any atom is 0.149 e. The Bertz CT molecular complexity index is 347. The van der Waals surface area contributed by atoms with Gasteiger partial charge in [0.15, 0.2) is 0 Å². The van der Waals surface area contributed by atoms with Crippen LogP contribution < -0.4 is 5.73 Å². The van der Waals surface area contributed by atoms with Crippen LogP contribution in [0.15, 0.2) is 18.2 Å². The van der Waals surface area contributed by atoms with Crippen LogP contribution in [-0.4, -0.2) is 6.54 Å². The van der Waals surface area contributed by atoms with Crippen molar-refractivity contribution in [1.29, 1.82) is 0 Å². The van der Waals surface area contributed by atoms with Gasteiger partial charge in [-0.25, -0.2) is 4.39 Å². The summed E-state index contributed by atoms with van der Waals surface area (Å²) in [5, 5.41) is 0.168. The topological polar surface area (TPSA) is 26.0 Å². The van der Waals surface area contributed by atoms with Crippen LogP contribution >= 0.6 is 11.6 Å². The SMILES string of the molecule is CCc1cc(Cl)c(F)c(/C=C/CN)c1. The molecule has 1 nitrogen and oxygen atoms in total. The molecule has 0 bridgehead atoms. The zero-order valence-corrected chi connectivity index (χ0v) is 8.81. The molecule has 0 aromatic heterocycles. The van der Waals surface area contributed by atoms with Gasteiger partial charge >= 0.3 is 0 Å². The lowest BCUT2D eigenvalue weighted by Gasteiger charge is -2.03. The van der Waals surface area contributed by atoms with E-state index >= 15 is 0 Å². The number of halogens is 2. The van der Waals surface area contributed by atoms with Crippen LogP contribution in [0.2, 0.25) is 5.02 Å². The molecule has 0 aliphatic carbocycles. The van der Waals surface area contributed by atoms with Crippen molar-refractivity contribution < 1.29 is 4.39 Å². The summed E-state index contributed by atoms with van der Waals surface area (Å²) in [6.45, 7) is 2.40. The number of benzene rings is 1. The van der Waals surface area contributed by atoms with Gasteiger partial charge in [-0.3, -0.25) is 0 Å². The van der Waals surface area contributed by atoms with Crippen LogP contribution in [0.3, 0.4) is 0 Å². The fourth-order valence-corrected chi connectivity index (χ4v) is 1.44. The maximum absolute atomic E-state index is 13.4. The van der Waals surface area contributed by atoms with E-state index in [0.717, 1.165) is 12.0 Å². The molecule has 0 radical (unpaired) electrons. The molecule has 0 aliphatic heterocycles. The van der Waals surface area contributed by atoms with E-state index in [1.54, 1.807) is 24.3 Å². The number of aryl methyl sites for hydroxylation is 1. The highest BCUT2D eigenvalue weighted by Crippen LogP contribution is 2.22. The molecule has 1 aromatic carbocycles. The smallest absolute Gasteiger partial charge is 0.149 e. The third-order valence-corrected chi connectivity index (χ3v) is 2.23. The van der Waals surface area contributed by atoms with Crippen molar-refractivity contribution in [3.05, 3.63) is 40.2 Å². The van der Waals surface area contributed by atoms with Crippen molar-refractivity contribution in [2.24, 2.45) is 5.73 Å². The maximum atomic E-state index is 13.4. The number of nitrogens with two attached hydrogens (primary N) is 1. The molecule has 0 atom stereocenters. The lowest BCUT2D eigenvalue weighted by Crippen LogP contribution is -1.93. The molecular weight excluding hydrogens is 201 g/mol. The largest absolute Gasteiger partial charge is 0.327 e. The molecule has 76 valence electrons. The molecule has 0 saturated heterocycles. The van der Waals surface area contributed by atoms with E-state index in [9.17, 15) is 4.39 Å². The van der Waals surface area contributed by atoms with Crippen molar-refractivity contribution in [2.75, 3.05) is 6.54 Å². The van der Waals surface area contributed by atoms with Gasteiger partial charge in [-0.2, -0.15) is 0 Å². The first-order valence-corrected chi connectivity index (χ1v) is 4.91. The van der Waals surface area contributed by atoms with E-state index in [1.165, 1.54) is 0 Å². The normalized spacial score (nSPS) is 11.1. The zero-order valence-electron chi connectivity index (χ0n) is 8.06. The van der Waals surface area contributed by atoms with E-state index in [0.29, 0.717) is 12.1 Å². The van der Waals surface area contributed by atoms with Gasteiger partial charge in [0.1, 0.15) is 5.82 Å². The summed E-state index contributed by atoms with van der Waals surface area (Å²) in [5.41, 5.74) is 6.81. The highest BCUT2D eigenvalue weighted by Gasteiger charge is 2.05. The molecule has 0 saturated carbocycles. The summed E-state index contributed by atoms with van der Waals surface area (Å²) in [6.07, 6.45) is 4.19. The summed E-state index contributed by atoms with van der Waals surface area (Å²) in [4.78, 5) is 0. The average molecular weight is 214 g/mol. The average Bonchev–Trinajstić information content (AvgIpc) is 2.20. The Kier molecular flexibility index (Phi) is 4.11. The Morgan fingerprint density at radius 2 is 2.21 bits per heavy atom. The standard InChI is InChI=1S/C11H13ClFN/c1-2-8-6-9(4-3-5-14)11(13)10(12)7-8/h3-4,6-7H,2,5,14H2,1H3/b4-3+. The van der Waals surface area contributed by atoms with E-state index in [-0.39, 0.29) is 10.8 Å². The van der Waals surface area contributed by atoms with Gasteiger partial charge in [0.05, 0.1) is 5.02 Å². The molecule has 0 amide bonds. The minimum Gasteiger partial charge on any atom is -0.327 e. The monoisotopic (exact) mass is 213 g/mol. The molecule has 0 spiro atoms. The minimum atomic E-state index is -0.381. The fraction of sp³-hybridized carbons (Fsp3) is 0.273. The quantitative estimate of drug-likeness (QED) is 0.821. The van der Waals surface area contributed by atoms with E-state index in [4.69, 9.17) is 17.3 Å². The minimum absolute atomic E-state index is 0.168. The van der Waals surface area contributed by atoms with Crippen LogP contribution in [0.5, 0.6) is 0 Å². The first kappa shape index (κ1) is 11.2. The third-order valence-electron chi connectivity index (χ3n) is 1.96. The van der Waals surface area contributed by atoms with Crippen molar-refractivity contribution in [3.63, 3.8) is 0 Å². The Morgan fingerprint density at radius 3 is 2.79 bits per heavy atom. The van der Waals surface area contributed by atoms with Gasteiger partial charge in [0, 0.05) is 12.1 Å². The molecule has 3 heteroatoms. The Labute approximate surface area is 88.4 Å². The summed E-state index contributed by atoms with van der Waals surface area (Å²) >= 11 is 5.74. The molecule has 0 unspecified atom stereocenters. The second kappa shape index (κ2) is 5.13. The van der Waals surface area contributed by atoms with E-state index in [2.05, 4.69) is 0 Å². The molecule has 14 heavy (non-hydrogen) atoms. The molecule has 0 fully saturated rings. The Balaban J connectivity index is 3.13. The zero-order chi connectivity index (χ0) is 10.6. The van der Waals surface area contributed by atoms with Gasteiger partial charge in [0.2, 0.25) is 0 Å². The summed E-state index contributed by atoms with van der Waals surface area (Å²) in [7, 11) is 0. The van der Waals surface area contributed by atoms with Crippen molar-refractivity contribution in [1.82, 2.24) is 0 Å². The summed E-state index contributed by atoms with van der Waals surface area (Å²) < 4.78 is 13.4. The van der Waals surface area contributed by atoms with Crippen LogP contribution in [0.25, 0.3) is 6.08 Å². The van der Waals surface area contributed by atoms with Crippen LogP contribution in [0, 0.1) is 5.82 Å². The fourth-order valence-electron chi connectivity index (χ4n) is 1.19. The van der Waals surface area contributed by atoms with E-state index < -0.39 is 0 Å². The highest BCUT2D eigenvalue weighted by molar-refractivity contribution is 6.31. The van der Waals surface area contributed by atoms with Gasteiger partial charge < -0.3 is 5.73 Å². The van der Waals surface area contributed by atoms with Gasteiger partial charge in [-0.15, -0.1) is 0 Å². The first-order chi connectivity index (χ1) is 6.69. The molecule has 1 rings (SSSR count).